The van der Waals surface area contributed by atoms with Crippen molar-refractivity contribution in [3.63, 3.8) is 0 Å². The van der Waals surface area contributed by atoms with Crippen LogP contribution in [0.4, 0.5) is 0 Å². The number of hydrogen-bond acceptors (Lipinski definition) is 4. The Morgan fingerprint density at radius 1 is 1.53 bits per heavy atom. The second-order valence-electron chi connectivity index (χ2n) is 4.40. The molecule has 0 fully saturated rings. The third-order valence-electron chi connectivity index (χ3n) is 2.99. The van der Waals surface area contributed by atoms with Gasteiger partial charge in [-0.15, -0.1) is 0 Å². The topological polar surface area (TPSA) is 64.8 Å². The van der Waals surface area contributed by atoms with E-state index in [9.17, 15) is 4.79 Å². The van der Waals surface area contributed by atoms with Crippen molar-refractivity contribution in [2.24, 2.45) is 7.05 Å². The molecule has 6 nitrogen and oxygen atoms in total. The zero-order valence-corrected chi connectivity index (χ0v) is 12.2. The summed E-state index contributed by atoms with van der Waals surface area (Å²) in [7, 11) is 1.89. The minimum atomic E-state index is -0.165. The first kappa shape index (κ1) is 13.8. The molecule has 2 aromatic rings. The zero-order valence-electron chi connectivity index (χ0n) is 11.4. The molecule has 0 aliphatic carbocycles. The summed E-state index contributed by atoms with van der Waals surface area (Å²) in [5.41, 5.74) is 2.85. The number of aromatic nitrogens is 4. The van der Waals surface area contributed by atoms with Crippen LogP contribution in [0.25, 0.3) is 11.2 Å². The van der Waals surface area contributed by atoms with Crippen molar-refractivity contribution in [3.8, 4) is 0 Å². The fraction of sp³-hybridized carbons (Fsp3) is 0.583. The molecule has 2 aromatic heterocycles. The molecule has 0 radical (unpaired) electrons. The Morgan fingerprint density at radius 2 is 2.26 bits per heavy atom. The monoisotopic (exact) mass is 282 g/mol. The minimum Gasteiger partial charge on any atom is -0.466 e. The van der Waals surface area contributed by atoms with Gasteiger partial charge < -0.3 is 14.3 Å². The summed E-state index contributed by atoms with van der Waals surface area (Å²) in [5, 5.41) is 4.35. The predicted molar refractivity (Wildman–Crippen MR) is 74.5 cm³/mol. The molecule has 0 unspecified atom stereocenters. The molecule has 0 aliphatic heterocycles. The van der Waals surface area contributed by atoms with Crippen LogP contribution in [0.5, 0.6) is 0 Å². The average molecular weight is 282 g/mol. The van der Waals surface area contributed by atoms with Crippen LogP contribution >= 0.6 is 12.2 Å². The lowest BCUT2D eigenvalue weighted by atomic mass is 10.3. The number of aromatic amines is 1. The van der Waals surface area contributed by atoms with Crippen molar-refractivity contribution in [2.75, 3.05) is 6.61 Å². The summed E-state index contributed by atoms with van der Waals surface area (Å²) in [6.45, 7) is 4.85. The van der Waals surface area contributed by atoms with E-state index in [1.54, 1.807) is 4.68 Å². The molecular formula is C12H18N4O2S. The van der Waals surface area contributed by atoms with Gasteiger partial charge in [0.1, 0.15) is 5.52 Å². The van der Waals surface area contributed by atoms with Gasteiger partial charge in [-0.1, -0.05) is 0 Å². The van der Waals surface area contributed by atoms with Crippen molar-refractivity contribution >= 4 is 29.4 Å². The second-order valence-corrected chi connectivity index (χ2v) is 4.78. The highest BCUT2D eigenvalue weighted by atomic mass is 32.1. The van der Waals surface area contributed by atoms with Crippen LogP contribution in [0.15, 0.2) is 0 Å². The molecule has 0 bridgehead atoms. The van der Waals surface area contributed by atoms with Gasteiger partial charge in [0.15, 0.2) is 10.4 Å². The van der Waals surface area contributed by atoms with E-state index in [1.807, 2.05) is 25.5 Å². The van der Waals surface area contributed by atoms with Crippen molar-refractivity contribution in [1.82, 2.24) is 19.3 Å². The minimum absolute atomic E-state index is 0.165. The lowest BCUT2D eigenvalue weighted by molar-refractivity contribution is -0.143. The highest BCUT2D eigenvalue weighted by molar-refractivity contribution is 7.71. The fourth-order valence-corrected chi connectivity index (χ4v) is 2.47. The first-order chi connectivity index (χ1) is 9.04. The number of aryl methyl sites for hydroxylation is 3. The Morgan fingerprint density at radius 3 is 2.95 bits per heavy atom. The van der Waals surface area contributed by atoms with Gasteiger partial charge in [-0.05, 0) is 32.5 Å². The summed E-state index contributed by atoms with van der Waals surface area (Å²) in [4.78, 5) is 14.5. The number of carbonyl (C=O) groups is 1. The summed E-state index contributed by atoms with van der Waals surface area (Å²) in [6, 6.07) is 0. The van der Waals surface area contributed by atoms with Gasteiger partial charge in [0.2, 0.25) is 0 Å². The Kier molecular flexibility index (Phi) is 4.04. The van der Waals surface area contributed by atoms with Gasteiger partial charge in [0.25, 0.3) is 0 Å². The summed E-state index contributed by atoms with van der Waals surface area (Å²) >= 11 is 5.31. The maximum absolute atomic E-state index is 11.3. The number of hydrogen-bond donors (Lipinski definition) is 1. The van der Waals surface area contributed by atoms with E-state index in [1.165, 1.54) is 0 Å². The van der Waals surface area contributed by atoms with Gasteiger partial charge in [0, 0.05) is 20.0 Å². The first-order valence-electron chi connectivity index (χ1n) is 6.32. The Balaban J connectivity index is 2.14. The molecule has 2 heterocycles. The summed E-state index contributed by atoms with van der Waals surface area (Å²) in [5.74, 6) is -0.165. The number of H-pyrrole nitrogens is 1. The molecule has 0 amide bonds. The van der Waals surface area contributed by atoms with Gasteiger partial charge in [-0.3, -0.25) is 9.48 Å². The Hall–Kier alpha value is -1.63. The molecule has 104 valence electrons. The van der Waals surface area contributed by atoms with Crippen molar-refractivity contribution in [2.45, 2.75) is 33.2 Å². The van der Waals surface area contributed by atoms with E-state index in [-0.39, 0.29) is 5.97 Å². The van der Waals surface area contributed by atoms with Crippen LogP contribution < -0.4 is 0 Å². The highest BCUT2D eigenvalue weighted by Crippen LogP contribution is 2.17. The van der Waals surface area contributed by atoms with Crippen LogP contribution in [0, 0.1) is 11.7 Å². The van der Waals surface area contributed by atoms with Crippen LogP contribution in [0.1, 0.15) is 25.5 Å². The quantitative estimate of drug-likeness (QED) is 0.673. The molecule has 0 saturated carbocycles. The van der Waals surface area contributed by atoms with E-state index in [2.05, 4.69) is 10.1 Å². The maximum Gasteiger partial charge on any atom is 0.305 e. The van der Waals surface area contributed by atoms with Crippen LogP contribution in [-0.2, 0) is 23.1 Å². The van der Waals surface area contributed by atoms with Gasteiger partial charge >= 0.3 is 5.97 Å². The van der Waals surface area contributed by atoms with E-state index in [4.69, 9.17) is 17.0 Å². The summed E-state index contributed by atoms with van der Waals surface area (Å²) in [6.07, 6.45) is 1.10. The SMILES string of the molecule is CCOC(=O)CCCn1c(=S)[nH]c2c(C)nn(C)c21. The standard InChI is InChI=1S/C12H18N4O2S/c1-4-18-9(17)6-5-7-16-11-10(13-12(16)19)8(2)14-15(11)3/h4-7H2,1-3H3,(H,13,19). The largest absolute Gasteiger partial charge is 0.466 e. The molecule has 0 atom stereocenters. The van der Waals surface area contributed by atoms with E-state index in [0.29, 0.717) is 30.8 Å². The molecule has 0 spiro atoms. The third-order valence-corrected chi connectivity index (χ3v) is 3.32. The van der Waals surface area contributed by atoms with Crippen LogP contribution in [0.2, 0.25) is 0 Å². The van der Waals surface area contributed by atoms with Gasteiger partial charge in [-0.2, -0.15) is 5.10 Å². The van der Waals surface area contributed by atoms with Gasteiger partial charge in [0.05, 0.1) is 12.3 Å². The van der Waals surface area contributed by atoms with E-state index < -0.39 is 0 Å². The molecule has 7 heteroatoms. The summed E-state index contributed by atoms with van der Waals surface area (Å²) < 4.78 is 9.35. The number of nitrogens with one attached hydrogen (secondary N) is 1. The highest BCUT2D eigenvalue weighted by Gasteiger charge is 2.12. The van der Waals surface area contributed by atoms with Gasteiger partial charge in [-0.25, -0.2) is 0 Å². The number of rotatable bonds is 5. The number of imidazole rings is 1. The van der Waals surface area contributed by atoms with Crippen LogP contribution in [0.3, 0.4) is 0 Å². The molecule has 0 aliphatic rings. The smallest absolute Gasteiger partial charge is 0.305 e. The zero-order chi connectivity index (χ0) is 14.0. The molecule has 19 heavy (non-hydrogen) atoms. The third kappa shape index (κ3) is 2.70. The van der Waals surface area contributed by atoms with Crippen molar-refractivity contribution in [3.05, 3.63) is 10.5 Å². The maximum atomic E-state index is 11.3. The number of carbonyl (C=O) groups excluding carboxylic acids is 1. The predicted octanol–water partition coefficient (Wildman–Crippen LogP) is 2.08. The number of nitrogens with zero attached hydrogens (tertiary/aromatic N) is 3. The molecule has 0 saturated heterocycles. The lowest BCUT2D eigenvalue weighted by Crippen LogP contribution is -2.08. The number of esters is 1. The first-order valence-corrected chi connectivity index (χ1v) is 6.73. The number of ether oxygens (including phenoxy) is 1. The Labute approximate surface area is 116 Å². The van der Waals surface area contributed by atoms with E-state index >= 15 is 0 Å². The second kappa shape index (κ2) is 5.56. The molecule has 1 N–H and O–H groups in total. The fourth-order valence-electron chi connectivity index (χ4n) is 2.19. The molecule has 0 aromatic carbocycles. The van der Waals surface area contributed by atoms with Crippen LogP contribution in [-0.4, -0.2) is 31.9 Å². The average Bonchev–Trinajstić information content (AvgIpc) is 2.80. The lowest BCUT2D eigenvalue weighted by Gasteiger charge is -2.05. The van der Waals surface area contributed by atoms with Crippen molar-refractivity contribution < 1.29 is 9.53 Å². The number of fused-ring (bicyclic) bond motifs is 1. The van der Waals surface area contributed by atoms with E-state index in [0.717, 1.165) is 16.9 Å². The van der Waals surface area contributed by atoms with Crippen molar-refractivity contribution in [1.29, 1.82) is 0 Å². The molecular weight excluding hydrogens is 264 g/mol. The molecule has 2 rings (SSSR count). The normalized spacial score (nSPS) is 11.1. The Bertz CT molecular complexity index is 653.